The number of benzene rings is 1. The summed E-state index contributed by atoms with van der Waals surface area (Å²) in [6.07, 6.45) is 1.69. The number of nitriles is 1. The molecule has 1 aromatic heterocycles. The highest BCUT2D eigenvalue weighted by Gasteiger charge is 2.12. The molecule has 92 valence electrons. The Morgan fingerprint density at radius 1 is 1.39 bits per heavy atom. The average molecular weight is 258 g/mol. The lowest BCUT2D eigenvalue weighted by Gasteiger charge is -2.10. The van der Waals surface area contributed by atoms with Crippen LogP contribution in [0.3, 0.4) is 0 Å². The summed E-state index contributed by atoms with van der Waals surface area (Å²) in [4.78, 5) is 0. The maximum Gasteiger partial charge on any atom is 0.196 e. The summed E-state index contributed by atoms with van der Waals surface area (Å²) in [5.41, 5.74) is 3.41. The fourth-order valence-electron chi connectivity index (χ4n) is 1.63. The van der Waals surface area contributed by atoms with Crippen molar-refractivity contribution in [3.8, 4) is 11.8 Å². The first-order valence-electron chi connectivity index (χ1n) is 5.65. The van der Waals surface area contributed by atoms with Crippen molar-refractivity contribution in [3.05, 3.63) is 35.7 Å². The predicted molar refractivity (Wildman–Crippen MR) is 71.8 cm³/mol. The molecule has 0 saturated carbocycles. The van der Waals surface area contributed by atoms with E-state index in [0.717, 1.165) is 16.4 Å². The van der Waals surface area contributed by atoms with Gasteiger partial charge in [0.25, 0.3) is 0 Å². The number of nitrogens with zero attached hydrogens (tertiary/aromatic N) is 4. The molecule has 0 amide bonds. The maximum absolute atomic E-state index is 8.87. The fourth-order valence-corrected chi connectivity index (χ4v) is 2.36. The molecule has 0 saturated heterocycles. The number of rotatable bonds is 3. The minimum Gasteiger partial charge on any atom is -0.276 e. The molecular weight excluding hydrogens is 244 g/mol. The van der Waals surface area contributed by atoms with E-state index in [-0.39, 0.29) is 5.25 Å². The summed E-state index contributed by atoms with van der Waals surface area (Å²) >= 11 is 1.41. The third kappa shape index (κ3) is 2.54. The van der Waals surface area contributed by atoms with Gasteiger partial charge in [0.2, 0.25) is 0 Å². The monoisotopic (exact) mass is 258 g/mol. The van der Waals surface area contributed by atoms with Gasteiger partial charge in [0.1, 0.15) is 6.33 Å². The van der Waals surface area contributed by atoms with Gasteiger partial charge in [-0.15, -0.1) is 10.2 Å². The molecular formula is C13H14N4S. The van der Waals surface area contributed by atoms with Crippen molar-refractivity contribution >= 4 is 11.8 Å². The van der Waals surface area contributed by atoms with E-state index in [9.17, 15) is 0 Å². The largest absolute Gasteiger partial charge is 0.276 e. The van der Waals surface area contributed by atoms with Gasteiger partial charge in [-0.25, -0.2) is 0 Å². The molecule has 0 aliphatic rings. The Bertz CT molecular complexity index is 597. The molecule has 2 rings (SSSR count). The molecule has 0 N–H and O–H groups in total. The topological polar surface area (TPSA) is 54.5 Å². The minimum atomic E-state index is -0.141. The van der Waals surface area contributed by atoms with E-state index >= 15 is 0 Å². The Morgan fingerprint density at radius 3 is 2.89 bits per heavy atom. The Kier molecular flexibility index (Phi) is 3.68. The summed E-state index contributed by atoms with van der Waals surface area (Å²) in [6.45, 7) is 5.96. The zero-order chi connectivity index (χ0) is 13.1. The highest BCUT2D eigenvalue weighted by atomic mass is 32.2. The Labute approximate surface area is 111 Å². The van der Waals surface area contributed by atoms with Crippen molar-refractivity contribution in [3.63, 3.8) is 0 Å². The van der Waals surface area contributed by atoms with Crippen LogP contribution in [0.4, 0.5) is 0 Å². The van der Waals surface area contributed by atoms with E-state index in [4.69, 9.17) is 5.26 Å². The van der Waals surface area contributed by atoms with Crippen LogP contribution >= 0.6 is 11.8 Å². The number of hydrogen-bond donors (Lipinski definition) is 0. The summed E-state index contributed by atoms with van der Waals surface area (Å²) in [6, 6.07) is 8.44. The van der Waals surface area contributed by atoms with Crippen molar-refractivity contribution in [2.24, 2.45) is 0 Å². The number of aromatic nitrogens is 3. The third-order valence-corrected chi connectivity index (χ3v) is 3.55. The summed E-state index contributed by atoms with van der Waals surface area (Å²) in [5, 5.41) is 17.5. The molecule has 0 bridgehead atoms. The first kappa shape index (κ1) is 12.7. The summed E-state index contributed by atoms with van der Waals surface area (Å²) in [5.74, 6) is 0. The van der Waals surface area contributed by atoms with Crippen LogP contribution in [0.5, 0.6) is 0 Å². The first-order chi connectivity index (χ1) is 8.61. The summed E-state index contributed by atoms with van der Waals surface area (Å²) in [7, 11) is 0. The van der Waals surface area contributed by atoms with Gasteiger partial charge < -0.3 is 0 Å². The Balaban J connectivity index is 2.43. The van der Waals surface area contributed by atoms with Gasteiger partial charge in [-0.1, -0.05) is 23.9 Å². The zero-order valence-corrected chi connectivity index (χ0v) is 11.4. The molecule has 0 fully saturated rings. The molecule has 1 aromatic carbocycles. The van der Waals surface area contributed by atoms with Crippen molar-refractivity contribution < 1.29 is 0 Å². The van der Waals surface area contributed by atoms with E-state index < -0.39 is 0 Å². The standard InChI is InChI=1S/C13H14N4S/c1-9-4-5-10(2)12(6-9)17-8-15-16-13(17)18-11(3)7-14/h4-6,8,11H,1-3H3/t11-/m0/s1. The van der Waals surface area contributed by atoms with E-state index in [1.165, 1.54) is 17.3 Å². The first-order valence-corrected chi connectivity index (χ1v) is 6.53. The second-order valence-electron chi connectivity index (χ2n) is 4.16. The molecule has 0 radical (unpaired) electrons. The molecule has 18 heavy (non-hydrogen) atoms. The van der Waals surface area contributed by atoms with Gasteiger partial charge in [0, 0.05) is 0 Å². The normalized spacial score (nSPS) is 12.1. The van der Waals surface area contributed by atoms with Gasteiger partial charge in [0.05, 0.1) is 17.0 Å². The lowest BCUT2D eigenvalue weighted by atomic mass is 10.1. The lowest BCUT2D eigenvalue weighted by Crippen LogP contribution is -2.01. The third-order valence-electron chi connectivity index (χ3n) is 2.60. The van der Waals surface area contributed by atoms with Gasteiger partial charge in [0.15, 0.2) is 5.16 Å². The van der Waals surface area contributed by atoms with E-state index in [2.05, 4.69) is 48.3 Å². The zero-order valence-electron chi connectivity index (χ0n) is 10.6. The van der Waals surface area contributed by atoms with Crippen LogP contribution in [-0.2, 0) is 0 Å². The Hall–Kier alpha value is -1.80. The minimum absolute atomic E-state index is 0.141. The van der Waals surface area contributed by atoms with Crippen molar-refractivity contribution in [2.75, 3.05) is 0 Å². The molecule has 0 aliphatic heterocycles. The molecule has 0 spiro atoms. The molecule has 5 heteroatoms. The van der Waals surface area contributed by atoms with Crippen LogP contribution in [0.1, 0.15) is 18.1 Å². The summed E-state index contributed by atoms with van der Waals surface area (Å²) < 4.78 is 1.93. The van der Waals surface area contributed by atoms with Crippen LogP contribution < -0.4 is 0 Å². The maximum atomic E-state index is 8.87. The number of hydrogen-bond acceptors (Lipinski definition) is 4. The highest BCUT2D eigenvalue weighted by Crippen LogP contribution is 2.25. The quantitative estimate of drug-likeness (QED) is 0.794. The van der Waals surface area contributed by atoms with Crippen molar-refractivity contribution in [1.82, 2.24) is 14.8 Å². The predicted octanol–water partition coefficient (Wildman–Crippen LogP) is 2.89. The van der Waals surface area contributed by atoms with Crippen LogP contribution in [-0.4, -0.2) is 20.0 Å². The lowest BCUT2D eigenvalue weighted by molar-refractivity contribution is 0.874. The van der Waals surface area contributed by atoms with Crippen LogP contribution in [0.25, 0.3) is 5.69 Å². The van der Waals surface area contributed by atoms with Gasteiger partial charge in [-0.3, -0.25) is 4.57 Å². The van der Waals surface area contributed by atoms with Crippen LogP contribution in [0, 0.1) is 25.2 Å². The smallest absolute Gasteiger partial charge is 0.196 e. The van der Waals surface area contributed by atoms with Gasteiger partial charge in [-0.2, -0.15) is 5.26 Å². The molecule has 1 heterocycles. The van der Waals surface area contributed by atoms with Crippen LogP contribution in [0.15, 0.2) is 29.7 Å². The molecule has 0 aliphatic carbocycles. The molecule has 0 unspecified atom stereocenters. The van der Waals surface area contributed by atoms with Gasteiger partial charge in [-0.05, 0) is 38.0 Å². The molecule has 2 aromatic rings. The fraction of sp³-hybridized carbons (Fsp3) is 0.308. The van der Waals surface area contributed by atoms with E-state index in [1.54, 1.807) is 6.33 Å². The molecule has 4 nitrogen and oxygen atoms in total. The average Bonchev–Trinajstić information content (AvgIpc) is 2.80. The number of thioether (sulfide) groups is 1. The van der Waals surface area contributed by atoms with Gasteiger partial charge >= 0.3 is 0 Å². The van der Waals surface area contributed by atoms with Crippen LogP contribution in [0.2, 0.25) is 0 Å². The highest BCUT2D eigenvalue weighted by molar-refractivity contribution is 8.00. The second-order valence-corrected chi connectivity index (χ2v) is 5.47. The van der Waals surface area contributed by atoms with E-state index in [1.807, 2.05) is 11.5 Å². The number of aryl methyl sites for hydroxylation is 2. The second kappa shape index (κ2) is 5.23. The SMILES string of the molecule is Cc1ccc(C)c(-n2cnnc2S[C@@H](C)C#N)c1. The van der Waals surface area contributed by atoms with E-state index in [0.29, 0.717) is 0 Å². The molecule has 1 atom stereocenters. The Morgan fingerprint density at radius 2 is 2.17 bits per heavy atom. The van der Waals surface area contributed by atoms with Crippen molar-refractivity contribution in [2.45, 2.75) is 31.2 Å². The van der Waals surface area contributed by atoms with Crippen molar-refractivity contribution in [1.29, 1.82) is 5.26 Å².